The van der Waals surface area contributed by atoms with Gasteiger partial charge in [-0.3, -0.25) is 14.4 Å². The molecule has 3 aliphatic carbocycles. The first-order valence-corrected chi connectivity index (χ1v) is 11.5. The second-order valence-corrected chi connectivity index (χ2v) is 10.8. The predicted octanol–water partition coefficient (Wildman–Crippen LogP) is 5.03. The Labute approximate surface area is 174 Å². The van der Waals surface area contributed by atoms with Crippen LogP contribution in [0.3, 0.4) is 0 Å². The van der Waals surface area contributed by atoms with Crippen LogP contribution in [0.4, 0.5) is 0 Å². The van der Waals surface area contributed by atoms with Gasteiger partial charge in [0.05, 0.1) is 0 Å². The van der Waals surface area contributed by atoms with E-state index in [0.29, 0.717) is 42.4 Å². The van der Waals surface area contributed by atoms with Crippen LogP contribution in [0.25, 0.3) is 0 Å². The van der Waals surface area contributed by atoms with E-state index in [0.717, 1.165) is 32.1 Å². The molecule has 0 radical (unpaired) electrons. The molecule has 0 aromatic carbocycles. The molecular formula is C24H38O5. The molecule has 0 amide bonds. The minimum atomic E-state index is -0.817. The molecule has 5 heteroatoms. The number of hydrogen-bond acceptors (Lipinski definition) is 3. The zero-order valence-electron chi connectivity index (χ0n) is 18.4. The average molecular weight is 407 g/mol. The summed E-state index contributed by atoms with van der Waals surface area (Å²) in [5, 5.41) is 18.3. The molecule has 2 N–H and O–H groups in total. The topological polar surface area (TPSA) is 91.7 Å². The maximum Gasteiger partial charge on any atom is 0.303 e. The van der Waals surface area contributed by atoms with Gasteiger partial charge in [-0.25, -0.2) is 0 Å². The first-order valence-electron chi connectivity index (χ1n) is 11.5. The van der Waals surface area contributed by atoms with Gasteiger partial charge in [0.2, 0.25) is 0 Å². The van der Waals surface area contributed by atoms with Gasteiger partial charge in [0.1, 0.15) is 5.78 Å². The molecule has 5 unspecified atom stereocenters. The highest BCUT2D eigenvalue weighted by atomic mass is 16.4. The van der Waals surface area contributed by atoms with E-state index < -0.39 is 17.4 Å². The van der Waals surface area contributed by atoms with Crippen molar-refractivity contribution < 1.29 is 24.6 Å². The Morgan fingerprint density at radius 2 is 1.72 bits per heavy atom. The van der Waals surface area contributed by atoms with Crippen LogP contribution in [0.15, 0.2) is 0 Å². The molecule has 3 rings (SSSR count). The van der Waals surface area contributed by atoms with E-state index in [2.05, 4.69) is 20.8 Å². The highest BCUT2D eigenvalue weighted by Gasteiger charge is 2.61. The lowest BCUT2D eigenvalue weighted by Crippen LogP contribution is -2.55. The molecule has 0 saturated heterocycles. The third kappa shape index (κ3) is 3.86. The Morgan fingerprint density at radius 3 is 2.34 bits per heavy atom. The Bertz CT molecular complexity index is 672. The van der Waals surface area contributed by atoms with Gasteiger partial charge in [-0.05, 0) is 79.4 Å². The number of ketones is 1. The summed E-state index contributed by atoms with van der Waals surface area (Å²) in [7, 11) is 0. The van der Waals surface area contributed by atoms with Gasteiger partial charge in [-0.15, -0.1) is 0 Å². The van der Waals surface area contributed by atoms with Crippen LogP contribution in [0, 0.1) is 46.3 Å². The Morgan fingerprint density at radius 1 is 1.07 bits per heavy atom. The maximum atomic E-state index is 13.0. The molecule has 0 spiro atoms. The van der Waals surface area contributed by atoms with E-state index in [-0.39, 0.29) is 30.0 Å². The summed E-state index contributed by atoms with van der Waals surface area (Å²) in [4.78, 5) is 35.3. The smallest absolute Gasteiger partial charge is 0.303 e. The van der Waals surface area contributed by atoms with Crippen LogP contribution in [-0.2, 0) is 14.4 Å². The first kappa shape index (κ1) is 22.3. The van der Waals surface area contributed by atoms with Crippen molar-refractivity contribution in [3.63, 3.8) is 0 Å². The number of carbonyl (C=O) groups is 3. The summed E-state index contributed by atoms with van der Waals surface area (Å²) < 4.78 is 0. The Kier molecular flexibility index (Phi) is 6.18. The van der Waals surface area contributed by atoms with E-state index in [1.165, 1.54) is 0 Å². The molecule has 0 aliphatic heterocycles. The summed E-state index contributed by atoms with van der Waals surface area (Å²) in [6.45, 7) is 8.89. The molecule has 3 aliphatic rings. The minimum absolute atomic E-state index is 0.0661. The SMILES string of the molecule is CC(CCC(=O)O)C1CCC2C3C(CC[C@]12C)[C@@](C)(CCC(=O)O)C(=O)C[C@@H]3C. The summed E-state index contributed by atoms with van der Waals surface area (Å²) in [6.07, 6.45) is 6.45. The minimum Gasteiger partial charge on any atom is -0.481 e. The molecular weight excluding hydrogens is 368 g/mol. The van der Waals surface area contributed by atoms with Crippen molar-refractivity contribution in [1.29, 1.82) is 0 Å². The molecule has 0 bridgehead atoms. The van der Waals surface area contributed by atoms with E-state index in [1.807, 2.05) is 6.92 Å². The fourth-order valence-electron chi connectivity index (χ4n) is 7.82. The molecule has 29 heavy (non-hydrogen) atoms. The zero-order chi connectivity index (χ0) is 21.6. The fraction of sp³-hybridized carbons (Fsp3) is 0.875. The monoisotopic (exact) mass is 406 g/mol. The largest absolute Gasteiger partial charge is 0.481 e. The molecule has 8 atom stereocenters. The van der Waals surface area contributed by atoms with Crippen molar-refractivity contribution in [3.05, 3.63) is 0 Å². The van der Waals surface area contributed by atoms with Crippen molar-refractivity contribution >= 4 is 17.7 Å². The van der Waals surface area contributed by atoms with Gasteiger partial charge in [-0.1, -0.05) is 27.7 Å². The van der Waals surface area contributed by atoms with Crippen LogP contribution in [0.2, 0.25) is 0 Å². The van der Waals surface area contributed by atoms with E-state index >= 15 is 0 Å². The summed E-state index contributed by atoms with van der Waals surface area (Å²) in [5.74, 6) is 1.34. The van der Waals surface area contributed by atoms with Gasteiger partial charge in [0.15, 0.2) is 0 Å². The number of aliphatic carboxylic acids is 2. The lowest BCUT2D eigenvalue weighted by molar-refractivity contribution is -0.154. The predicted molar refractivity (Wildman–Crippen MR) is 110 cm³/mol. The Hall–Kier alpha value is -1.39. The average Bonchev–Trinajstić information content (AvgIpc) is 2.99. The second kappa shape index (κ2) is 8.03. The number of Topliss-reactive ketones (excluding diaryl/α,β-unsaturated/α-hetero) is 1. The number of fused-ring (bicyclic) bond motifs is 3. The van der Waals surface area contributed by atoms with Crippen LogP contribution < -0.4 is 0 Å². The standard InChI is InChI=1S/C24H38O5/c1-14(5-8-20(26)27)16-6-7-17-22-15(2)13-19(25)24(4,12-10-21(28)29)18(22)9-11-23(16,17)3/h14-18,22H,5-13H2,1-4H3,(H,26,27)(H,28,29)/t14?,15-,16?,17?,18?,22?,23+,24+/m0/s1. The highest BCUT2D eigenvalue weighted by Crippen LogP contribution is 2.66. The van der Waals surface area contributed by atoms with Gasteiger partial charge in [0, 0.05) is 24.7 Å². The maximum absolute atomic E-state index is 13.0. The highest BCUT2D eigenvalue weighted by molar-refractivity contribution is 5.86. The molecule has 0 aromatic rings. The fourth-order valence-corrected chi connectivity index (χ4v) is 7.82. The van der Waals surface area contributed by atoms with Crippen molar-refractivity contribution in [2.75, 3.05) is 0 Å². The third-order valence-electron chi connectivity index (χ3n) is 9.38. The van der Waals surface area contributed by atoms with Crippen LogP contribution >= 0.6 is 0 Å². The first-order chi connectivity index (χ1) is 13.5. The summed E-state index contributed by atoms with van der Waals surface area (Å²) >= 11 is 0. The van der Waals surface area contributed by atoms with Crippen molar-refractivity contribution in [3.8, 4) is 0 Å². The van der Waals surface area contributed by atoms with E-state index in [9.17, 15) is 19.5 Å². The Balaban J connectivity index is 1.83. The third-order valence-corrected chi connectivity index (χ3v) is 9.38. The summed E-state index contributed by atoms with van der Waals surface area (Å²) in [5.41, 5.74) is -0.300. The normalized spacial score (nSPS) is 42.8. The number of rotatable bonds is 7. The van der Waals surface area contributed by atoms with Gasteiger partial charge in [0.25, 0.3) is 0 Å². The molecule has 164 valence electrons. The molecule has 3 saturated carbocycles. The van der Waals surface area contributed by atoms with Crippen LogP contribution in [-0.4, -0.2) is 27.9 Å². The zero-order valence-corrected chi connectivity index (χ0v) is 18.4. The lowest BCUT2D eigenvalue weighted by atomic mass is 9.45. The van der Waals surface area contributed by atoms with Gasteiger partial charge >= 0.3 is 11.9 Å². The van der Waals surface area contributed by atoms with Crippen LogP contribution in [0.5, 0.6) is 0 Å². The van der Waals surface area contributed by atoms with Crippen molar-refractivity contribution in [2.45, 2.75) is 85.5 Å². The lowest BCUT2D eigenvalue weighted by Gasteiger charge is -2.58. The number of hydrogen-bond donors (Lipinski definition) is 2. The number of carbonyl (C=O) groups excluding carboxylic acids is 1. The van der Waals surface area contributed by atoms with Crippen molar-refractivity contribution in [2.24, 2.45) is 46.3 Å². The molecule has 5 nitrogen and oxygen atoms in total. The number of carboxylic acids is 2. The molecule has 0 heterocycles. The quantitative estimate of drug-likeness (QED) is 0.619. The molecule has 3 fully saturated rings. The van der Waals surface area contributed by atoms with E-state index in [1.54, 1.807) is 0 Å². The summed E-state index contributed by atoms with van der Waals surface area (Å²) in [6, 6.07) is 0. The van der Waals surface area contributed by atoms with Gasteiger partial charge < -0.3 is 10.2 Å². The van der Waals surface area contributed by atoms with Gasteiger partial charge in [-0.2, -0.15) is 0 Å². The number of carboxylic acid groups (broad SMARTS) is 2. The molecule has 0 aromatic heterocycles. The van der Waals surface area contributed by atoms with Crippen LogP contribution in [0.1, 0.15) is 85.5 Å². The van der Waals surface area contributed by atoms with E-state index in [4.69, 9.17) is 5.11 Å². The van der Waals surface area contributed by atoms with Crippen molar-refractivity contribution in [1.82, 2.24) is 0 Å². The second-order valence-electron chi connectivity index (χ2n) is 10.8.